The summed E-state index contributed by atoms with van der Waals surface area (Å²) in [6.07, 6.45) is 4.38. The molecule has 1 fully saturated rings. The molecule has 27 heavy (non-hydrogen) atoms. The number of fused-ring (bicyclic) bond motifs is 1. The van der Waals surface area contributed by atoms with Crippen LogP contribution in [0.4, 0.5) is 0 Å². The van der Waals surface area contributed by atoms with Crippen LogP contribution in [0.1, 0.15) is 41.6 Å². The van der Waals surface area contributed by atoms with Crippen LogP contribution < -0.4 is 0 Å². The summed E-state index contributed by atoms with van der Waals surface area (Å²) in [6.45, 7) is 6.05. The SMILES string of the molecule is Cc1cnn(C)c1-c1cc(-c2c(C)noc2C)cc2nc(C3CC3)n(C)c12. The van der Waals surface area contributed by atoms with Crippen molar-refractivity contribution in [3.05, 3.63) is 41.2 Å². The summed E-state index contributed by atoms with van der Waals surface area (Å²) >= 11 is 0. The fourth-order valence-electron chi connectivity index (χ4n) is 4.23. The number of benzene rings is 1. The first-order chi connectivity index (χ1) is 13.0. The number of rotatable bonds is 3. The Morgan fingerprint density at radius 2 is 1.89 bits per heavy atom. The number of hydrogen-bond acceptors (Lipinski definition) is 4. The predicted molar refractivity (Wildman–Crippen MR) is 105 cm³/mol. The third-order valence-electron chi connectivity index (χ3n) is 5.65. The lowest BCUT2D eigenvalue weighted by Crippen LogP contribution is -2.00. The summed E-state index contributed by atoms with van der Waals surface area (Å²) in [5, 5.41) is 8.61. The van der Waals surface area contributed by atoms with Crippen molar-refractivity contribution < 1.29 is 4.52 Å². The van der Waals surface area contributed by atoms with Crippen LogP contribution in [0, 0.1) is 20.8 Å². The Balaban J connectivity index is 1.88. The third kappa shape index (κ3) is 2.36. The average molecular weight is 361 g/mol. The Kier molecular flexibility index (Phi) is 3.35. The quantitative estimate of drug-likeness (QED) is 0.541. The molecule has 0 atom stereocenters. The zero-order valence-electron chi connectivity index (χ0n) is 16.4. The van der Waals surface area contributed by atoms with E-state index >= 15 is 0 Å². The van der Waals surface area contributed by atoms with Crippen LogP contribution in [0.15, 0.2) is 22.9 Å². The second kappa shape index (κ2) is 5.55. The van der Waals surface area contributed by atoms with Crippen LogP contribution in [-0.2, 0) is 14.1 Å². The molecule has 1 aliphatic carbocycles. The van der Waals surface area contributed by atoms with Gasteiger partial charge < -0.3 is 9.09 Å². The van der Waals surface area contributed by atoms with Crippen LogP contribution >= 0.6 is 0 Å². The molecule has 1 saturated carbocycles. The fraction of sp³-hybridized carbons (Fsp3) is 0.381. The first-order valence-electron chi connectivity index (χ1n) is 9.38. The summed E-state index contributed by atoms with van der Waals surface area (Å²) in [6, 6.07) is 4.40. The van der Waals surface area contributed by atoms with Gasteiger partial charge in [0.15, 0.2) is 0 Å². The molecule has 3 aromatic heterocycles. The largest absolute Gasteiger partial charge is 0.361 e. The lowest BCUT2D eigenvalue weighted by molar-refractivity contribution is 0.393. The molecule has 5 rings (SSSR count). The van der Waals surface area contributed by atoms with Crippen molar-refractivity contribution in [2.45, 2.75) is 39.5 Å². The minimum absolute atomic E-state index is 0.588. The Hall–Kier alpha value is -2.89. The molecule has 0 amide bonds. The van der Waals surface area contributed by atoms with Crippen molar-refractivity contribution in [1.29, 1.82) is 0 Å². The van der Waals surface area contributed by atoms with Crippen LogP contribution in [0.2, 0.25) is 0 Å². The third-order valence-corrected chi connectivity index (χ3v) is 5.65. The fourth-order valence-corrected chi connectivity index (χ4v) is 4.23. The van der Waals surface area contributed by atoms with Crippen molar-refractivity contribution >= 4 is 11.0 Å². The summed E-state index contributed by atoms with van der Waals surface area (Å²) in [5.74, 6) is 2.60. The topological polar surface area (TPSA) is 61.7 Å². The molecule has 6 heteroatoms. The molecule has 1 aliphatic rings. The molecular formula is C21H23N5O. The summed E-state index contributed by atoms with van der Waals surface area (Å²) < 4.78 is 9.64. The first-order valence-corrected chi connectivity index (χ1v) is 9.38. The van der Waals surface area contributed by atoms with Crippen molar-refractivity contribution in [2.75, 3.05) is 0 Å². The Morgan fingerprint density at radius 1 is 1.11 bits per heavy atom. The number of aryl methyl sites for hydroxylation is 5. The van der Waals surface area contributed by atoms with Crippen molar-refractivity contribution in [1.82, 2.24) is 24.5 Å². The normalized spacial score (nSPS) is 14.4. The summed E-state index contributed by atoms with van der Waals surface area (Å²) in [4.78, 5) is 5.02. The number of hydrogen-bond donors (Lipinski definition) is 0. The van der Waals surface area contributed by atoms with E-state index in [1.54, 1.807) is 0 Å². The molecule has 4 aromatic rings. The lowest BCUT2D eigenvalue weighted by Gasteiger charge is -2.11. The smallest absolute Gasteiger partial charge is 0.141 e. The Labute approximate surface area is 157 Å². The standard InChI is InChI=1S/C21H23N5O/c1-11-10-22-26(5)19(11)16-8-15(18-12(2)24-27-13(18)3)9-17-20(16)25(4)21(23-17)14-6-7-14/h8-10,14H,6-7H2,1-5H3. The van der Waals surface area contributed by atoms with Crippen LogP contribution in [0.5, 0.6) is 0 Å². The zero-order chi connectivity index (χ0) is 18.9. The van der Waals surface area contributed by atoms with E-state index in [4.69, 9.17) is 9.51 Å². The highest BCUT2D eigenvalue weighted by Gasteiger charge is 2.30. The monoisotopic (exact) mass is 361 g/mol. The van der Waals surface area contributed by atoms with Crippen molar-refractivity contribution in [3.8, 4) is 22.4 Å². The second-order valence-corrected chi connectivity index (χ2v) is 7.69. The van der Waals surface area contributed by atoms with E-state index in [0.717, 1.165) is 44.9 Å². The molecular weight excluding hydrogens is 338 g/mol. The highest BCUT2D eigenvalue weighted by Crippen LogP contribution is 2.43. The minimum Gasteiger partial charge on any atom is -0.361 e. The van der Waals surface area contributed by atoms with Gasteiger partial charge in [0.05, 0.1) is 28.6 Å². The van der Waals surface area contributed by atoms with Crippen molar-refractivity contribution in [3.63, 3.8) is 0 Å². The van der Waals surface area contributed by atoms with Gasteiger partial charge in [0.25, 0.3) is 0 Å². The molecule has 1 aromatic carbocycles. The molecule has 138 valence electrons. The van der Waals surface area contributed by atoms with Gasteiger partial charge in [-0.05, 0) is 56.9 Å². The van der Waals surface area contributed by atoms with E-state index in [-0.39, 0.29) is 0 Å². The summed E-state index contributed by atoms with van der Waals surface area (Å²) in [7, 11) is 4.13. The van der Waals surface area contributed by atoms with E-state index in [1.165, 1.54) is 24.2 Å². The van der Waals surface area contributed by atoms with Gasteiger partial charge in [-0.25, -0.2) is 4.98 Å². The molecule has 0 saturated heterocycles. The first kappa shape index (κ1) is 16.3. The van der Waals surface area contributed by atoms with Gasteiger partial charge in [-0.3, -0.25) is 4.68 Å². The molecule has 0 unspecified atom stereocenters. The molecule has 0 aliphatic heterocycles. The average Bonchev–Trinajstić information content (AvgIpc) is 3.24. The number of nitrogens with zero attached hydrogens (tertiary/aromatic N) is 5. The molecule has 0 N–H and O–H groups in total. The lowest BCUT2D eigenvalue weighted by atomic mass is 9.97. The molecule has 0 bridgehead atoms. The van der Waals surface area contributed by atoms with Gasteiger partial charge in [-0.15, -0.1) is 0 Å². The van der Waals surface area contributed by atoms with Crippen LogP contribution in [-0.4, -0.2) is 24.5 Å². The highest BCUT2D eigenvalue weighted by molar-refractivity contribution is 5.97. The van der Waals surface area contributed by atoms with Crippen LogP contribution in [0.3, 0.4) is 0 Å². The Morgan fingerprint density at radius 3 is 2.48 bits per heavy atom. The summed E-state index contributed by atoms with van der Waals surface area (Å²) in [5.41, 5.74) is 8.67. The van der Waals surface area contributed by atoms with Gasteiger partial charge in [-0.1, -0.05) is 5.16 Å². The molecule has 0 spiro atoms. The number of aromatic nitrogens is 5. The van der Waals surface area contributed by atoms with Gasteiger partial charge >= 0.3 is 0 Å². The van der Waals surface area contributed by atoms with E-state index in [9.17, 15) is 0 Å². The van der Waals surface area contributed by atoms with Gasteiger partial charge in [-0.2, -0.15) is 5.10 Å². The van der Waals surface area contributed by atoms with Gasteiger partial charge in [0, 0.05) is 31.1 Å². The van der Waals surface area contributed by atoms with Crippen LogP contribution in [0.25, 0.3) is 33.4 Å². The minimum atomic E-state index is 0.588. The van der Waals surface area contributed by atoms with E-state index in [0.29, 0.717) is 5.92 Å². The predicted octanol–water partition coefficient (Wildman–Crippen LogP) is 4.43. The Bertz CT molecular complexity index is 1150. The maximum Gasteiger partial charge on any atom is 0.141 e. The van der Waals surface area contributed by atoms with Gasteiger partial charge in [0.1, 0.15) is 11.6 Å². The second-order valence-electron chi connectivity index (χ2n) is 7.69. The molecule has 6 nitrogen and oxygen atoms in total. The maximum atomic E-state index is 5.42. The zero-order valence-corrected chi connectivity index (χ0v) is 16.4. The highest BCUT2D eigenvalue weighted by atomic mass is 16.5. The van der Waals surface area contributed by atoms with E-state index in [1.807, 2.05) is 31.8 Å². The maximum absolute atomic E-state index is 5.42. The number of imidazole rings is 1. The molecule has 0 radical (unpaired) electrons. The van der Waals surface area contributed by atoms with Gasteiger partial charge in [0.2, 0.25) is 0 Å². The van der Waals surface area contributed by atoms with E-state index < -0.39 is 0 Å². The van der Waals surface area contributed by atoms with E-state index in [2.05, 4.69) is 40.9 Å². The van der Waals surface area contributed by atoms with Crippen molar-refractivity contribution in [2.24, 2.45) is 14.1 Å². The molecule has 3 heterocycles.